The Kier molecular flexibility index (Phi) is 4.96. The van der Waals surface area contributed by atoms with Crippen LogP contribution in [0.1, 0.15) is 0 Å². The molecule has 2 rings (SSSR count). The lowest BCUT2D eigenvalue weighted by Crippen LogP contribution is -2.21. The van der Waals surface area contributed by atoms with Crippen molar-refractivity contribution in [3.8, 4) is 17.6 Å². The molecule has 0 aliphatic carbocycles. The van der Waals surface area contributed by atoms with Crippen LogP contribution in [0.4, 0.5) is 5.69 Å². The quantitative estimate of drug-likeness (QED) is 0.447. The van der Waals surface area contributed by atoms with Gasteiger partial charge in [0, 0.05) is 5.02 Å². The lowest BCUT2D eigenvalue weighted by molar-refractivity contribution is 0.483. The third-order valence-corrected chi connectivity index (χ3v) is 2.81. The van der Waals surface area contributed by atoms with Crippen molar-refractivity contribution in [1.29, 1.82) is 10.7 Å². The average molecular weight is 314 g/mol. The maximum atomic E-state index is 8.73. The molecule has 0 amide bonds. The predicted molar refractivity (Wildman–Crippen MR) is 86.6 cm³/mol. The molecule has 0 saturated heterocycles. The van der Waals surface area contributed by atoms with Gasteiger partial charge in [0.1, 0.15) is 17.6 Å². The minimum atomic E-state index is -0.391. The third-order valence-electron chi connectivity index (χ3n) is 2.56. The number of anilines is 1. The standard InChI is InChI=1S/C15H12ClN5O/c16-10-1-5-12(6-2-10)22-13-7-3-11(4-8-13)20-21-14(9-17)15(18)19/h1-8,20H,(H3,18,19)/b21-14+. The number of hydrogen-bond donors (Lipinski definition) is 3. The average Bonchev–Trinajstić information content (AvgIpc) is 2.51. The van der Waals surface area contributed by atoms with Crippen LogP contribution in [0.2, 0.25) is 5.02 Å². The molecule has 0 aromatic heterocycles. The fourth-order valence-electron chi connectivity index (χ4n) is 1.50. The number of nitrogens with zero attached hydrogens (tertiary/aromatic N) is 2. The number of nitriles is 1. The van der Waals surface area contributed by atoms with Crippen molar-refractivity contribution in [3.05, 3.63) is 53.6 Å². The second-order valence-electron chi connectivity index (χ2n) is 4.18. The number of rotatable bonds is 5. The summed E-state index contributed by atoms with van der Waals surface area (Å²) in [6.45, 7) is 0. The molecule has 0 atom stereocenters. The van der Waals surface area contributed by atoms with Crippen molar-refractivity contribution in [3.63, 3.8) is 0 Å². The Labute approximate surface area is 132 Å². The first-order valence-electron chi connectivity index (χ1n) is 6.20. The van der Waals surface area contributed by atoms with E-state index in [0.717, 1.165) is 0 Å². The molecular formula is C15H12ClN5O. The SMILES string of the molecule is N#C/C(=N\Nc1ccc(Oc2ccc(Cl)cc2)cc1)C(=N)N. The third kappa shape index (κ3) is 4.23. The highest BCUT2D eigenvalue weighted by atomic mass is 35.5. The van der Waals surface area contributed by atoms with E-state index in [1.54, 1.807) is 54.6 Å². The van der Waals surface area contributed by atoms with Gasteiger partial charge in [0.15, 0.2) is 5.84 Å². The zero-order chi connectivity index (χ0) is 15.9. The molecule has 110 valence electrons. The van der Waals surface area contributed by atoms with Crippen molar-refractivity contribution in [2.75, 3.05) is 5.43 Å². The van der Waals surface area contributed by atoms with Gasteiger partial charge in [-0.1, -0.05) is 11.6 Å². The molecule has 0 bridgehead atoms. The number of hydrazone groups is 1. The van der Waals surface area contributed by atoms with Crippen LogP contribution >= 0.6 is 11.6 Å². The Morgan fingerprint density at radius 3 is 2.18 bits per heavy atom. The Morgan fingerprint density at radius 1 is 1.14 bits per heavy atom. The number of nitrogens with two attached hydrogens (primary N) is 1. The van der Waals surface area contributed by atoms with Crippen LogP contribution in [0, 0.1) is 16.7 Å². The molecule has 2 aromatic carbocycles. The lowest BCUT2D eigenvalue weighted by Gasteiger charge is -2.07. The largest absolute Gasteiger partial charge is 0.457 e. The van der Waals surface area contributed by atoms with Gasteiger partial charge >= 0.3 is 0 Å². The molecule has 0 unspecified atom stereocenters. The second-order valence-corrected chi connectivity index (χ2v) is 4.61. The molecule has 2 aromatic rings. The van der Waals surface area contributed by atoms with E-state index < -0.39 is 5.84 Å². The predicted octanol–water partition coefficient (Wildman–Crippen LogP) is 3.36. The topological polar surface area (TPSA) is 107 Å². The Hall–Kier alpha value is -3.04. The summed E-state index contributed by atoms with van der Waals surface area (Å²) in [6.07, 6.45) is 0. The van der Waals surface area contributed by atoms with Gasteiger partial charge in [-0.3, -0.25) is 10.8 Å². The zero-order valence-electron chi connectivity index (χ0n) is 11.4. The van der Waals surface area contributed by atoms with Gasteiger partial charge in [-0.05, 0) is 48.5 Å². The second kappa shape index (κ2) is 7.11. The van der Waals surface area contributed by atoms with Gasteiger partial charge < -0.3 is 10.5 Å². The van der Waals surface area contributed by atoms with Crippen LogP contribution in [0.5, 0.6) is 11.5 Å². The van der Waals surface area contributed by atoms with E-state index >= 15 is 0 Å². The van der Waals surface area contributed by atoms with Crippen LogP contribution in [0.15, 0.2) is 53.6 Å². The first-order valence-corrected chi connectivity index (χ1v) is 6.58. The number of amidine groups is 1. The number of ether oxygens (including phenoxy) is 1. The molecular weight excluding hydrogens is 302 g/mol. The Morgan fingerprint density at radius 2 is 1.68 bits per heavy atom. The maximum Gasteiger partial charge on any atom is 0.201 e. The fourth-order valence-corrected chi connectivity index (χ4v) is 1.63. The van der Waals surface area contributed by atoms with Crippen LogP contribution in [-0.2, 0) is 0 Å². The highest BCUT2D eigenvalue weighted by Crippen LogP contribution is 2.24. The monoisotopic (exact) mass is 313 g/mol. The van der Waals surface area contributed by atoms with Crippen LogP contribution < -0.4 is 15.9 Å². The van der Waals surface area contributed by atoms with Gasteiger partial charge in [0.2, 0.25) is 5.71 Å². The Balaban J connectivity index is 2.03. The summed E-state index contributed by atoms with van der Waals surface area (Å²) < 4.78 is 5.64. The number of hydrogen-bond acceptors (Lipinski definition) is 5. The summed E-state index contributed by atoms with van der Waals surface area (Å²) in [5.74, 6) is 0.924. The number of nitrogens with one attached hydrogen (secondary N) is 2. The van der Waals surface area contributed by atoms with Crippen molar-refractivity contribution < 1.29 is 4.74 Å². The highest BCUT2D eigenvalue weighted by molar-refractivity contribution is 6.45. The summed E-state index contributed by atoms with van der Waals surface area (Å²) in [7, 11) is 0. The van der Waals surface area contributed by atoms with Crippen LogP contribution in [0.25, 0.3) is 0 Å². The van der Waals surface area contributed by atoms with Crippen molar-refractivity contribution in [1.82, 2.24) is 0 Å². The molecule has 4 N–H and O–H groups in total. The number of halogens is 1. The highest BCUT2D eigenvalue weighted by Gasteiger charge is 2.01. The first-order chi connectivity index (χ1) is 10.6. The van der Waals surface area contributed by atoms with Gasteiger partial charge in [0.25, 0.3) is 0 Å². The van der Waals surface area contributed by atoms with Gasteiger partial charge in [0.05, 0.1) is 5.69 Å². The van der Waals surface area contributed by atoms with E-state index in [1.807, 2.05) is 0 Å². The summed E-state index contributed by atoms with van der Waals surface area (Å²) in [5.41, 5.74) is 8.30. The van der Waals surface area contributed by atoms with Crippen molar-refractivity contribution in [2.45, 2.75) is 0 Å². The van der Waals surface area contributed by atoms with Gasteiger partial charge in [-0.15, -0.1) is 0 Å². The minimum absolute atomic E-state index is 0.179. The molecule has 0 spiro atoms. The fraction of sp³-hybridized carbons (Fsp3) is 0. The zero-order valence-corrected chi connectivity index (χ0v) is 12.1. The normalized spacial score (nSPS) is 10.6. The van der Waals surface area contributed by atoms with Gasteiger partial charge in [-0.2, -0.15) is 10.4 Å². The molecule has 0 heterocycles. The van der Waals surface area contributed by atoms with Crippen LogP contribution in [0.3, 0.4) is 0 Å². The summed E-state index contributed by atoms with van der Waals surface area (Å²) in [6, 6.07) is 15.7. The van der Waals surface area contributed by atoms with E-state index in [-0.39, 0.29) is 5.71 Å². The summed E-state index contributed by atoms with van der Waals surface area (Å²) in [4.78, 5) is 0. The van der Waals surface area contributed by atoms with Gasteiger partial charge in [-0.25, -0.2) is 0 Å². The van der Waals surface area contributed by atoms with E-state index in [4.69, 9.17) is 32.7 Å². The van der Waals surface area contributed by atoms with E-state index in [9.17, 15) is 0 Å². The smallest absolute Gasteiger partial charge is 0.201 e. The molecule has 22 heavy (non-hydrogen) atoms. The van der Waals surface area contributed by atoms with Crippen LogP contribution in [-0.4, -0.2) is 11.5 Å². The van der Waals surface area contributed by atoms with E-state index in [2.05, 4.69) is 10.5 Å². The number of benzene rings is 2. The summed E-state index contributed by atoms with van der Waals surface area (Å²) in [5, 5.41) is 20.3. The van der Waals surface area contributed by atoms with Crippen molar-refractivity contribution >= 4 is 28.8 Å². The first kappa shape index (κ1) is 15.4. The molecule has 0 saturated carbocycles. The molecule has 0 aliphatic rings. The minimum Gasteiger partial charge on any atom is -0.457 e. The Bertz CT molecular complexity index is 732. The van der Waals surface area contributed by atoms with Crippen molar-refractivity contribution in [2.24, 2.45) is 10.8 Å². The molecule has 6 nitrogen and oxygen atoms in total. The molecule has 0 radical (unpaired) electrons. The van der Waals surface area contributed by atoms with E-state index in [1.165, 1.54) is 0 Å². The molecule has 7 heteroatoms. The lowest BCUT2D eigenvalue weighted by atomic mass is 10.3. The van der Waals surface area contributed by atoms with E-state index in [0.29, 0.717) is 22.2 Å². The summed E-state index contributed by atoms with van der Waals surface area (Å²) >= 11 is 5.81. The molecule has 0 fully saturated rings. The molecule has 0 aliphatic heterocycles. The maximum absolute atomic E-state index is 8.73.